The van der Waals surface area contributed by atoms with Crippen molar-refractivity contribution in [2.24, 2.45) is 0 Å². The first-order chi connectivity index (χ1) is 10.7. The van der Waals surface area contributed by atoms with Gasteiger partial charge >= 0.3 is 0 Å². The topological polar surface area (TPSA) is 58.1 Å². The summed E-state index contributed by atoms with van der Waals surface area (Å²) in [5, 5.41) is 0.525. The van der Waals surface area contributed by atoms with E-state index in [1.807, 2.05) is 0 Å². The van der Waals surface area contributed by atoms with Crippen molar-refractivity contribution in [1.29, 1.82) is 0 Å². The Morgan fingerprint density at radius 2 is 2.33 bits per heavy atom. The summed E-state index contributed by atoms with van der Waals surface area (Å²) in [6.45, 7) is -2.50. The number of anilines is 3. The fourth-order valence-corrected chi connectivity index (χ4v) is 1.84. The fraction of sp³-hybridized carbons (Fsp3) is 0.154. The number of nitrogens with one attached hydrogen (secondary N) is 1. The van der Waals surface area contributed by atoms with Gasteiger partial charge in [-0.15, -0.1) is 0 Å². The minimum absolute atomic E-state index is 0.0460. The van der Waals surface area contributed by atoms with Gasteiger partial charge in [-0.2, -0.15) is 0 Å². The smallest absolute Gasteiger partial charge is 0.259 e. The molecule has 1 N–H and O–H groups in total. The summed E-state index contributed by atoms with van der Waals surface area (Å²) in [5.41, 5.74) is -0.144. The van der Waals surface area contributed by atoms with Crippen LogP contribution in [0.5, 0.6) is 0 Å². The molecule has 0 spiro atoms. The van der Waals surface area contributed by atoms with Crippen LogP contribution in [0.25, 0.3) is 0 Å². The molecular weight excluding hydrogens is 228 g/mol. The van der Waals surface area contributed by atoms with Crippen molar-refractivity contribution in [3.8, 4) is 0 Å². The Morgan fingerprint density at radius 1 is 1.44 bits per heavy atom. The molecule has 0 unspecified atom stereocenters. The second-order valence-corrected chi connectivity index (χ2v) is 3.82. The molecule has 2 aromatic rings. The van der Waals surface area contributed by atoms with Crippen molar-refractivity contribution in [2.45, 2.75) is 6.85 Å². The largest absolute Gasteiger partial charge is 0.318 e. The molecule has 0 bridgehead atoms. The van der Waals surface area contributed by atoms with E-state index in [4.69, 9.17) is 6.89 Å². The van der Waals surface area contributed by atoms with Gasteiger partial charge < -0.3 is 10.2 Å². The minimum Gasteiger partial charge on any atom is -0.318 e. The molecule has 0 radical (unpaired) electrons. The molecule has 5 heteroatoms. The van der Waals surface area contributed by atoms with Crippen LogP contribution in [-0.4, -0.2) is 22.9 Å². The lowest BCUT2D eigenvalue weighted by atomic mass is 10.2. The van der Waals surface area contributed by atoms with Gasteiger partial charge in [-0.1, -0.05) is 0 Å². The van der Waals surface area contributed by atoms with Gasteiger partial charge in [0.2, 0.25) is 0 Å². The first-order valence-electron chi connectivity index (χ1n) is 7.70. The number of rotatable bonds is 0. The van der Waals surface area contributed by atoms with Crippen LogP contribution in [-0.2, 0) is 0 Å². The third kappa shape index (κ3) is 1.44. The van der Waals surface area contributed by atoms with Crippen molar-refractivity contribution < 1.29 is 11.7 Å². The van der Waals surface area contributed by atoms with Crippen LogP contribution in [0.15, 0.2) is 30.6 Å². The molecule has 0 saturated carbocycles. The number of hydrogen-bond acceptors (Lipinski definition) is 4. The average molecular weight is 245 g/mol. The highest BCUT2D eigenvalue weighted by molar-refractivity contribution is 6.11. The van der Waals surface area contributed by atoms with Gasteiger partial charge in [-0.05, 0) is 30.6 Å². The second-order valence-electron chi connectivity index (χ2n) is 3.82. The van der Waals surface area contributed by atoms with E-state index >= 15 is 0 Å². The van der Waals surface area contributed by atoms with Crippen LogP contribution < -0.4 is 10.2 Å². The Hall–Kier alpha value is -2.43. The molecule has 3 rings (SSSR count). The molecule has 3 heterocycles. The van der Waals surface area contributed by atoms with Crippen LogP contribution in [0.1, 0.15) is 21.4 Å². The molecule has 2 aromatic heterocycles. The summed E-state index contributed by atoms with van der Waals surface area (Å²) >= 11 is 0. The normalized spacial score (nSPS) is 18.7. The van der Waals surface area contributed by atoms with E-state index in [1.54, 1.807) is 7.05 Å². The van der Waals surface area contributed by atoms with Crippen molar-refractivity contribution >= 4 is 23.2 Å². The van der Waals surface area contributed by atoms with Crippen LogP contribution in [0.2, 0.25) is 1.41 Å². The van der Waals surface area contributed by atoms with E-state index < -0.39 is 12.8 Å². The average Bonchev–Trinajstić information content (AvgIpc) is 2.57. The van der Waals surface area contributed by atoms with E-state index in [-0.39, 0.29) is 34.6 Å². The van der Waals surface area contributed by atoms with Crippen LogP contribution >= 0.6 is 0 Å². The lowest BCUT2D eigenvalue weighted by molar-refractivity contribution is 0.102. The highest BCUT2D eigenvalue weighted by Crippen LogP contribution is 2.35. The Balaban J connectivity index is 2.34. The molecule has 0 atom stereocenters. The molecule has 1 aliphatic rings. The summed E-state index contributed by atoms with van der Waals surface area (Å²) in [7, 11) is 1.56. The van der Waals surface area contributed by atoms with Gasteiger partial charge in [0.25, 0.3) is 5.91 Å². The summed E-state index contributed by atoms with van der Waals surface area (Å²) in [5.74, 6) is -0.441. The number of fused-ring (bicyclic) bond motifs is 2. The maximum Gasteiger partial charge on any atom is 0.259 e. The Kier molecular flexibility index (Phi) is 1.37. The van der Waals surface area contributed by atoms with E-state index in [0.29, 0.717) is 5.31 Å². The van der Waals surface area contributed by atoms with Crippen molar-refractivity contribution in [3.63, 3.8) is 0 Å². The Bertz CT molecular complexity index is 807. The van der Waals surface area contributed by atoms with Crippen molar-refractivity contribution in [1.82, 2.24) is 9.97 Å². The van der Waals surface area contributed by atoms with Gasteiger partial charge in [0.1, 0.15) is 5.82 Å². The summed E-state index contributed by atoms with van der Waals surface area (Å²) in [6, 6.07) is 4.01. The van der Waals surface area contributed by atoms with E-state index in [1.165, 1.54) is 29.3 Å². The number of nitrogens with zero attached hydrogens (tertiary/aromatic N) is 3. The monoisotopic (exact) mass is 245 g/mol. The quantitative estimate of drug-likeness (QED) is 0.772. The van der Waals surface area contributed by atoms with Crippen LogP contribution in [0.4, 0.5) is 17.3 Å². The standard InChI is InChI=1S/C13H12N4O/c1-8-5-7-15-12-10(8)16-13(18)9-4-3-6-14-11(9)17(12)2/h3-7H,1-2H3,(H,16,18)/i1D3,6D/hD. The highest BCUT2D eigenvalue weighted by Gasteiger charge is 2.25. The van der Waals surface area contributed by atoms with Crippen LogP contribution in [0, 0.1) is 6.85 Å². The highest BCUT2D eigenvalue weighted by atomic mass is 16.1. The number of carbonyl (C=O) groups is 1. The summed E-state index contributed by atoms with van der Waals surface area (Å²) in [4.78, 5) is 22.1. The molecule has 5 nitrogen and oxygen atoms in total. The van der Waals surface area contributed by atoms with Gasteiger partial charge in [0, 0.05) is 23.5 Å². The molecule has 1 aliphatic heterocycles. The zero-order valence-corrected chi connectivity index (χ0v) is 9.51. The number of aromatic nitrogens is 2. The predicted molar refractivity (Wildman–Crippen MR) is 69.2 cm³/mol. The minimum atomic E-state index is -2.50. The van der Waals surface area contributed by atoms with Gasteiger partial charge in [0.15, 0.2) is 7.23 Å². The molecule has 1 amide bonds. The Morgan fingerprint density at radius 3 is 3.17 bits per heavy atom. The Labute approximate surface area is 112 Å². The first-order valence-corrected chi connectivity index (χ1v) is 5.26. The lowest BCUT2D eigenvalue weighted by Crippen LogP contribution is -2.14. The molecule has 0 saturated heterocycles. The number of pyridine rings is 2. The van der Waals surface area contributed by atoms with Crippen molar-refractivity contribution in [3.05, 3.63) is 41.7 Å². The first kappa shape index (κ1) is 6.49. The molecule has 0 aliphatic carbocycles. The zero-order chi connectivity index (χ0) is 16.9. The van der Waals surface area contributed by atoms with Gasteiger partial charge in [0.05, 0.1) is 12.6 Å². The van der Waals surface area contributed by atoms with E-state index in [2.05, 4.69) is 9.97 Å². The summed E-state index contributed by atoms with van der Waals surface area (Å²) in [6.07, 6.45) is 1.26. The van der Waals surface area contributed by atoms with Gasteiger partial charge in [-0.3, -0.25) is 4.79 Å². The maximum absolute atomic E-state index is 12.5. The van der Waals surface area contributed by atoms with Gasteiger partial charge in [-0.25, -0.2) is 9.97 Å². The van der Waals surface area contributed by atoms with Crippen molar-refractivity contribution in [2.75, 3.05) is 17.3 Å². The lowest BCUT2D eigenvalue weighted by Gasteiger charge is -2.18. The molecular formula is C13H12N4O. The van der Waals surface area contributed by atoms with E-state index in [9.17, 15) is 4.79 Å². The van der Waals surface area contributed by atoms with E-state index in [0.717, 1.165) is 0 Å². The molecule has 90 valence electrons. The number of amides is 1. The second kappa shape index (κ2) is 3.80. The zero-order valence-electron chi connectivity index (χ0n) is 14.5. The third-order valence-corrected chi connectivity index (χ3v) is 2.72. The molecule has 0 fully saturated rings. The predicted octanol–water partition coefficient (Wildman–Crippen LogP) is 2.12. The third-order valence-electron chi connectivity index (χ3n) is 2.72. The summed E-state index contributed by atoms with van der Waals surface area (Å²) < 4.78 is 38.6. The van der Waals surface area contributed by atoms with Crippen LogP contribution in [0.3, 0.4) is 0 Å². The molecule has 18 heavy (non-hydrogen) atoms. The number of carbonyl (C=O) groups excluding carboxylic acids is 1. The number of hydrogen-bond donors (Lipinski definition) is 1. The SMILES string of the molecule is [2H]c1ccc2c(n1)N(C)c1nccc(C([2H])([2H])[2H])c1N([2H])C2=O. The fourth-order valence-electron chi connectivity index (χ4n) is 1.84. The maximum atomic E-state index is 12.5. The molecule has 0 aromatic carbocycles. The number of aryl methyl sites for hydroxylation is 1.